The van der Waals surface area contributed by atoms with Gasteiger partial charge in [-0.05, 0) is 90.1 Å². The van der Waals surface area contributed by atoms with Gasteiger partial charge in [-0.15, -0.1) is 0 Å². The lowest BCUT2D eigenvalue weighted by Gasteiger charge is -2.19. The first-order chi connectivity index (χ1) is 22.7. The van der Waals surface area contributed by atoms with E-state index in [1.165, 1.54) is 17.3 Å². The van der Waals surface area contributed by atoms with Gasteiger partial charge in [0.05, 0.1) is 31.3 Å². The Kier molecular flexibility index (Phi) is 10.2. The summed E-state index contributed by atoms with van der Waals surface area (Å²) >= 11 is 3.05. The molecule has 1 aliphatic heterocycles. The molecule has 5 aromatic carbocycles. The minimum Gasteiger partial charge on any atom is -0.497 e. The number of hydrogen-bond donors (Lipinski definition) is 0. The lowest BCUT2D eigenvalue weighted by atomic mass is 10.2. The van der Waals surface area contributed by atoms with Crippen molar-refractivity contribution in [2.75, 3.05) is 19.1 Å². The first-order valence-corrected chi connectivity index (χ1v) is 16.4. The van der Waals surface area contributed by atoms with Crippen LogP contribution in [0.2, 0.25) is 0 Å². The predicted octanol–water partition coefficient (Wildman–Crippen LogP) is 9.69. The molecule has 0 atom stereocenters. The molecule has 5 aromatic rings. The second kappa shape index (κ2) is 15.2. The highest BCUT2D eigenvalue weighted by Crippen LogP contribution is 2.34. The second-order valence-corrected chi connectivity index (χ2v) is 11.8. The largest absolute Gasteiger partial charge is 0.497 e. The molecule has 0 amide bonds. The van der Waals surface area contributed by atoms with Crippen molar-refractivity contribution in [3.63, 3.8) is 0 Å². The number of methoxy groups -OCH3 is 2. The molecule has 0 radical (unpaired) electrons. The van der Waals surface area contributed by atoms with Crippen LogP contribution in [0.3, 0.4) is 0 Å². The summed E-state index contributed by atoms with van der Waals surface area (Å²) in [7, 11) is 3.30. The monoisotopic (exact) mass is 641 g/mol. The average Bonchev–Trinajstić information content (AvgIpc) is 3.44. The van der Waals surface area contributed by atoms with Crippen LogP contribution in [0.25, 0.3) is 0 Å². The predicted molar refractivity (Wildman–Crippen MR) is 195 cm³/mol. The van der Waals surface area contributed by atoms with E-state index in [0.29, 0.717) is 21.2 Å². The third-order valence-electron chi connectivity index (χ3n) is 6.79. The standard InChI is InChI=1S/C37H31N5O2S2/c1-43-32-22-18-29(19-23-32)38-34-35(39-30-20-24-33(44-2)25-21-30)46-37(42(34)31-16-10-5-11-17-31)41-36(40-28-14-8-4-9-15-28)45-26-27-12-6-3-7-13-27/h3-25H,26H2,1-2H3/b38-34?,39-35?,40-36?,41-37-. The van der Waals surface area contributed by atoms with Gasteiger partial charge in [-0.1, -0.05) is 78.5 Å². The molecule has 0 bridgehead atoms. The third-order valence-corrected chi connectivity index (χ3v) is 8.63. The summed E-state index contributed by atoms with van der Waals surface area (Å²) in [5, 5.41) is 2.03. The SMILES string of the molecule is COc1ccc(N=C2S/C(=N\C(=Nc3ccccc3)SCc3ccccc3)N(c3ccccc3)C2=Nc2ccc(OC)cc2)cc1. The molecule has 1 fully saturated rings. The summed E-state index contributed by atoms with van der Waals surface area (Å²) in [6.45, 7) is 0. The zero-order valence-electron chi connectivity index (χ0n) is 25.4. The molecule has 0 spiro atoms. The molecule has 9 heteroatoms. The fraction of sp³-hybridized carbons (Fsp3) is 0.0811. The molecular formula is C37H31N5O2S2. The Morgan fingerprint density at radius 2 is 1.17 bits per heavy atom. The van der Waals surface area contributed by atoms with E-state index in [0.717, 1.165) is 40.0 Å². The van der Waals surface area contributed by atoms with Crippen LogP contribution in [-0.2, 0) is 5.75 Å². The Morgan fingerprint density at radius 3 is 1.76 bits per heavy atom. The zero-order valence-corrected chi connectivity index (χ0v) is 27.0. The van der Waals surface area contributed by atoms with Crippen molar-refractivity contribution in [1.82, 2.24) is 0 Å². The average molecular weight is 642 g/mol. The summed E-state index contributed by atoms with van der Waals surface area (Å²) in [4.78, 5) is 22.4. The van der Waals surface area contributed by atoms with Gasteiger partial charge in [-0.3, -0.25) is 4.90 Å². The van der Waals surface area contributed by atoms with E-state index in [-0.39, 0.29) is 0 Å². The van der Waals surface area contributed by atoms with Crippen molar-refractivity contribution in [3.8, 4) is 11.5 Å². The van der Waals surface area contributed by atoms with Crippen molar-refractivity contribution < 1.29 is 9.47 Å². The maximum atomic E-state index is 5.38. The van der Waals surface area contributed by atoms with Crippen LogP contribution >= 0.6 is 23.5 Å². The minimum absolute atomic E-state index is 0.632. The van der Waals surface area contributed by atoms with Crippen LogP contribution in [0.1, 0.15) is 5.56 Å². The van der Waals surface area contributed by atoms with Gasteiger partial charge in [0, 0.05) is 11.4 Å². The number of para-hydroxylation sites is 2. The van der Waals surface area contributed by atoms with Crippen LogP contribution in [0.15, 0.2) is 159 Å². The lowest BCUT2D eigenvalue weighted by molar-refractivity contribution is 0.415. The Labute approximate surface area is 277 Å². The van der Waals surface area contributed by atoms with Gasteiger partial charge in [-0.25, -0.2) is 15.0 Å². The second-order valence-electron chi connectivity index (χ2n) is 9.92. The van der Waals surface area contributed by atoms with Crippen LogP contribution in [0, 0.1) is 0 Å². The van der Waals surface area contributed by atoms with Gasteiger partial charge in [0.1, 0.15) is 16.5 Å². The van der Waals surface area contributed by atoms with Crippen molar-refractivity contribution in [1.29, 1.82) is 0 Å². The van der Waals surface area contributed by atoms with E-state index in [1.807, 2.05) is 132 Å². The maximum absolute atomic E-state index is 5.38. The smallest absolute Gasteiger partial charge is 0.190 e. The summed E-state index contributed by atoms with van der Waals surface area (Å²) < 4.78 is 10.7. The number of anilines is 1. The number of benzene rings is 5. The Balaban J connectivity index is 1.48. The highest BCUT2D eigenvalue weighted by atomic mass is 32.2. The molecule has 1 saturated heterocycles. The van der Waals surface area contributed by atoms with E-state index in [9.17, 15) is 0 Å². The van der Waals surface area contributed by atoms with E-state index >= 15 is 0 Å². The van der Waals surface area contributed by atoms with E-state index in [2.05, 4.69) is 12.1 Å². The molecule has 0 N–H and O–H groups in total. The van der Waals surface area contributed by atoms with Crippen LogP contribution in [0.4, 0.5) is 22.7 Å². The summed E-state index contributed by atoms with van der Waals surface area (Å²) in [5.74, 6) is 2.90. The third kappa shape index (κ3) is 7.93. The molecule has 46 heavy (non-hydrogen) atoms. The summed E-state index contributed by atoms with van der Waals surface area (Å²) in [6.07, 6.45) is 0. The van der Waals surface area contributed by atoms with Crippen LogP contribution in [-0.4, -0.2) is 35.4 Å². The number of nitrogens with zero attached hydrogens (tertiary/aromatic N) is 5. The van der Waals surface area contributed by atoms with Gasteiger partial charge in [0.2, 0.25) is 0 Å². The first-order valence-electron chi connectivity index (χ1n) is 14.6. The number of amidine groups is 3. The first kappa shape index (κ1) is 30.9. The number of hydrogen-bond acceptors (Lipinski definition) is 7. The molecule has 7 nitrogen and oxygen atoms in total. The van der Waals surface area contributed by atoms with E-state index < -0.39 is 0 Å². The van der Waals surface area contributed by atoms with Gasteiger partial charge in [0.25, 0.3) is 0 Å². The minimum atomic E-state index is 0.632. The molecule has 0 aliphatic carbocycles. The van der Waals surface area contributed by atoms with Gasteiger partial charge in [0.15, 0.2) is 16.2 Å². The lowest BCUT2D eigenvalue weighted by Crippen LogP contribution is -2.31. The molecule has 6 rings (SSSR count). The maximum Gasteiger partial charge on any atom is 0.190 e. The Bertz CT molecular complexity index is 1860. The molecule has 0 aromatic heterocycles. The molecule has 228 valence electrons. The molecule has 1 heterocycles. The molecule has 0 unspecified atom stereocenters. The summed E-state index contributed by atoms with van der Waals surface area (Å²) in [6, 6.07) is 45.6. The summed E-state index contributed by atoms with van der Waals surface area (Å²) in [5.41, 5.74) is 4.47. The van der Waals surface area contributed by atoms with Gasteiger partial charge < -0.3 is 9.47 Å². The van der Waals surface area contributed by atoms with Crippen LogP contribution in [0.5, 0.6) is 11.5 Å². The number of thioether (sulfide) groups is 2. The topological polar surface area (TPSA) is 71.1 Å². The molecule has 1 aliphatic rings. The van der Waals surface area contributed by atoms with E-state index in [4.69, 9.17) is 29.4 Å². The van der Waals surface area contributed by atoms with Gasteiger partial charge >= 0.3 is 0 Å². The number of ether oxygens (including phenoxy) is 2. The van der Waals surface area contributed by atoms with Crippen molar-refractivity contribution in [2.24, 2.45) is 20.0 Å². The number of rotatable bonds is 8. The zero-order chi connectivity index (χ0) is 31.6. The fourth-order valence-corrected chi connectivity index (χ4v) is 6.31. The Morgan fingerprint density at radius 1 is 0.630 bits per heavy atom. The van der Waals surface area contributed by atoms with E-state index in [1.54, 1.807) is 26.0 Å². The van der Waals surface area contributed by atoms with Gasteiger partial charge in [-0.2, -0.15) is 4.99 Å². The van der Waals surface area contributed by atoms with Crippen molar-refractivity contribution in [2.45, 2.75) is 5.75 Å². The van der Waals surface area contributed by atoms with Crippen LogP contribution < -0.4 is 14.4 Å². The Hall–Kier alpha value is -5.12. The highest BCUT2D eigenvalue weighted by Gasteiger charge is 2.35. The fourth-order valence-electron chi connectivity index (χ4n) is 4.48. The van der Waals surface area contributed by atoms with Crippen molar-refractivity contribution in [3.05, 3.63) is 145 Å². The van der Waals surface area contributed by atoms with Crippen molar-refractivity contribution >= 4 is 67.5 Å². The molecule has 0 saturated carbocycles. The highest BCUT2D eigenvalue weighted by molar-refractivity contribution is 8.29. The number of aliphatic imine (C=N–C) groups is 4. The normalized spacial score (nSPS) is 15.9. The molecular weight excluding hydrogens is 611 g/mol. The quantitative estimate of drug-likeness (QED) is 0.125.